The highest BCUT2D eigenvalue weighted by molar-refractivity contribution is 7.95. The Bertz CT molecular complexity index is 1030. The number of carbonyl (C=O) groups excluding carboxylic acids is 1. The van der Waals surface area contributed by atoms with Gasteiger partial charge < -0.3 is 4.74 Å². The number of carbonyl (C=O) groups is 1. The van der Waals surface area contributed by atoms with Crippen molar-refractivity contribution in [2.75, 3.05) is 6.61 Å². The van der Waals surface area contributed by atoms with E-state index in [9.17, 15) is 4.79 Å². The van der Waals surface area contributed by atoms with E-state index in [4.69, 9.17) is 4.74 Å². The number of ether oxygens (including phenoxy) is 1. The topological polar surface area (TPSA) is 39.2 Å². The van der Waals surface area contributed by atoms with Crippen molar-refractivity contribution in [3.8, 4) is 0 Å². The van der Waals surface area contributed by atoms with Crippen molar-refractivity contribution >= 4 is 29.1 Å². The van der Waals surface area contributed by atoms with Gasteiger partial charge in [-0.15, -0.1) is 0 Å². The molecule has 0 amide bonds. The molecular formula is C27H25NO2P+. The smallest absolute Gasteiger partial charge is 0.340 e. The third kappa shape index (κ3) is 4.28. The predicted octanol–water partition coefficient (Wildman–Crippen LogP) is 4.75. The highest BCUT2D eigenvalue weighted by Gasteiger charge is 2.46. The van der Waals surface area contributed by atoms with Gasteiger partial charge in [0.1, 0.15) is 29.3 Å². The van der Waals surface area contributed by atoms with Gasteiger partial charge in [-0.05, 0) is 55.5 Å². The van der Waals surface area contributed by atoms with Crippen LogP contribution in [0.4, 0.5) is 0 Å². The number of aromatic nitrogens is 1. The van der Waals surface area contributed by atoms with Crippen LogP contribution >= 0.6 is 7.26 Å². The zero-order valence-electron chi connectivity index (χ0n) is 17.5. The van der Waals surface area contributed by atoms with Crippen LogP contribution in [0.25, 0.3) is 0 Å². The molecule has 0 radical (unpaired) electrons. The van der Waals surface area contributed by atoms with Gasteiger partial charge in [0.25, 0.3) is 0 Å². The number of hydrogen-bond acceptors (Lipinski definition) is 3. The van der Waals surface area contributed by atoms with Crippen molar-refractivity contribution in [2.45, 2.75) is 13.1 Å². The van der Waals surface area contributed by atoms with E-state index in [0.717, 1.165) is 5.69 Å². The molecule has 0 spiro atoms. The van der Waals surface area contributed by atoms with E-state index in [1.807, 2.05) is 31.2 Å². The van der Waals surface area contributed by atoms with E-state index in [0.29, 0.717) is 18.3 Å². The lowest BCUT2D eigenvalue weighted by molar-refractivity contribution is 0.0525. The summed E-state index contributed by atoms with van der Waals surface area (Å²) in [4.78, 5) is 17.4. The molecule has 0 aliphatic rings. The summed E-state index contributed by atoms with van der Waals surface area (Å²) >= 11 is 0. The van der Waals surface area contributed by atoms with Gasteiger partial charge >= 0.3 is 5.97 Å². The van der Waals surface area contributed by atoms with Gasteiger partial charge in [0.15, 0.2) is 0 Å². The standard InChI is InChI=1S/C27H25NO2P/c1-2-30-27(29)25-19-12-20-28-26(25)21-31(22-13-6-3-7-14-22,23-15-8-4-9-16-23)24-17-10-5-11-18-24/h3-20H,2,21H2,1H3/q+1. The summed E-state index contributed by atoms with van der Waals surface area (Å²) < 4.78 is 5.33. The Kier molecular flexibility index (Phi) is 6.54. The van der Waals surface area contributed by atoms with E-state index < -0.39 is 7.26 Å². The molecule has 0 N–H and O–H groups in total. The summed E-state index contributed by atoms with van der Waals surface area (Å²) in [5.74, 6) is -0.321. The van der Waals surface area contributed by atoms with Gasteiger partial charge in [0.2, 0.25) is 0 Å². The molecule has 1 heterocycles. The number of nitrogens with zero attached hydrogens (tertiary/aromatic N) is 1. The maximum atomic E-state index is 12.7. The van der Waals surface area contributed by atoms with Crippen molar-refractivity contribution < 1.29 is 9.53 Å². The molecule has 3 nitrogen and oxygen atoms in total. The lowest BCUT2D eigenvalue weighted by Crippen LogP contribution is -2.33. The van der Waals surface area contributed by atoms with Crippen LogP contribution < -0.4 is 15.9 Å². The Balaban J connectivity index is 1.98. The highest BCUT2D eigenvalue weighted by atomic mass is 31.2. The Labute approximate surface area is 184 Å². The van der Waals surface area contributed by atoms with Gasteiger partial charge in [-0.1, -0.05) is 54.6 Å². The minimum absolute atomic E-state index is 0.321. The van der Waals surface area contributed by atoms with Crippen molar-refractivity contribution in [3.63, 3.8) is 0 Å². The fraction of sp³-hybridized carbons (Fsp3) is 0.111. The number of esters is 1. The molecule has 4 heteroatoms. The van der Waals surface area contributed by atoms with Crippen LogP contribution in [0.1, 0.15) is 23.0 Å². The Morgan fingerprint density at radius 3 is 1.68 bits per heavy atom. The summed E-state index contributed by atoms with van der Waals surface area (Å²) in [5, 5.41) is 3.77. The quantitative estimate of drug-likeness (QED) is 0.316. The van der Waals surface area contributed by atoms with E-state index in [1.165, 1.54) is 15.9 Å². The lowest BCUT2D eigenvalue weighted by atomic mass is 10.2. The zero-order valence-corrected chi connectivity index (χ0v) is 18.4. The molecular weight excluding hydrogens is 401 g/mol. The van der Waals surface area contributed by atoms with Crippen LogP contribution in [0.3, 0.4) is 0 Å². The second-order valence-corrected chi connectivity index (χ2v) is 10.7. The highest BCUT2D eigenvalue weighted by Crippen LogP contribution is 2.58. The first-order chi connectivity index (χ1) is 15.3. The van der Waals surface area contributed by atoms with E-state index >= 15 is 0 Å². The van der Waals surface area contributed by atoms with Crippen LogP contribution in [-0.4, -0.2) is 17.6 Å². The maximum Gasteiger partial charge on any atom is 0.340 e. The summed E-state index contributed by atoms with van der Waals surface area (Å²) in [6.07, 6.45) is 2.40. The minimum atomic E-state index is -2.13. The summed E-state index contributed by atoms with van der Waals surface area (Å²) in [5.41, 5.74) is 1.31. The van der Waals surface area contributed by atoms with Gasteiger partial charge in [0.05, 0.1) is 17.9 Å². The van der Waals surface area contributed by atoms with E-state index in [-0.39, 0.29) is 5.97 Å². The zero-order chi connectivity index (χ0) is 21.5. The molecule has 3 aromatic carbocycles. The number of rotatable bonds is 7. The molecule has 0 bridgehead atoms. The Hall–Kier alpha value is -3.29. The Morgan fingerprint density at radius 1 is 0.742 bits per heavy atom. The molecule has 0 aliphatic heterocycles. The molecule has 154 valence electrons. The van der Waals surface area contributed by atoms with Crippen molar-refractivity contribution in [1.29, 1.82) is 0 Å². The molecule has 0 atom stereocenters. The van der Waals surface area contributed by atoms with Crippen LogP contribution in [0.15, 0.2) is 109 Å². The third-order valence-electron chi connectivity index (χ3n) is 5.36. The van der Waals surface area contributed by atoms with Gasteiger partial charge in [0, 0.05) is 6.20 Å². The van der Waals surface area contributed by atoms with Crippen molar-refractivity contribution in [3.05, 3.63) is 121 Å². The first-order valence-corrected chi connectivity index (χ1v) is 12.4. The van der Waals surface area contributed by atoms with Crippen LogP contribution in [0, 0.1) is 0 Å². The summed E-state index contributed by atoms with van der Waals surface area (Å²) in [7, 11) is -2.13. The Morgan fingerprint density at radius 2 is 1.23 bits per heavy atom. The summed E-state index contributed by atoms with van der Waals surface area (Å²) in [6, 6.07) is 35.4. The van der Waals surface area contributed by atoms with Crippen LogP contribution in [0.5, 0.6) is 0 Å². The van der Waals surface area contributed by atoms with Crippen molar-refractivity contribution in [2.24, 2.45) is 0 Å². The average molecular weight is 426 g/mol. The predicted molar refractivity (Wildman–Crippen MR) is 129 cm³/mol. The molecule has 0 unspecified atom stereocenters. The lowest BCUT2D eigenvalue weighted by Gasteiger charge is -2.28. The summed E-state index contributed by atoms with van der Waals surface area (Å²) in [6.45, 7) is 2.16. The molecule has 0 aliphatic carbocycles. The largest absolute Gasteiger partial charge is 0.462 e. The second kappa shape index (κ2) is 9.68. The van der Waals surface area contributed by atoms with Crippen molar-refractivity contribution in [1.82, 2.24) is 4.98 Å². The first-order valence-electron chi connectivity index (χ1n) is 10.4. The monoisotopic (exact) mass is 426 g/mol. The van der Waals surface area contributed by atoms with Gasteiger partial charge in [-0.25, -0.2) is 4.79 Å². The molecule has 4 aromatic rings. The minimum Gasteiger partial charge on any atom is -0.462 e. The number of hydrogen-bond donors (Lipinski definition) is 0. The number of benzene rings is 3. The van der Waals surface area contributed by atoms with Crippen LogP contribution in [-0.2, 0) is 10.9 Å². The normalized spacial score (nSPS) is 11.1. The average Bonchev–Trinajstić information content (AvgIpc) is 2.84. The van der Waals surface area contributed by atoms with E-state index in [1.54, 1.807) is 12.3 Å². The second-order valence-electron chi connectivity index (χ2n) is 7.19. The van der Waals surface area contributed by atoms with Gasteiger partial charge in [-0.2, -0.15) is 0 Å². The molecule has 31 heavy (non-hydrogen) atoms. The third-order valence-corrected chi connectivity index (χ3v) is 9.68. The molecule has 0 saturated heterocycles. The van der Waals surface area contributed by atoms with Gasteiger partial charge in [-0.3, -0.25) is 4.98 Å². The molecule has 4 rings (SSSR count). The fourth-order valence-electron chi connectivity index (χ4n) is 3.95. The van der Waals surface area contributed by atoms with E-state index in [2.05, 4.69) is 77.8 Å². The SMILES string of the molecule is CCOC(=O)c1cccnc1C[P+](c1ccccc1)(c1ccccc1)c1ccccc1. The molecule has 0 saturated carbocycles. The number of pyridine rings is 1. The molecule has 0 fully saturated rings. The fourth-order valence-corrected chi connectivity index (χ4v) is 8.14. The maximum absolute atomic E-state index is 12.7. The first kappa shape index (κ1) is 21.0. The van der Waals surface area contributed by atoms with Crippen LogP contribution in [0.2, 0.25) is 0 Å². The molecule has 1 aromatic heterocycles.